The normalized spacial score (nSPS) is 17.2. The van der Waals surface area contributed by atoms with Crippen LogP contribution in [-0.2, 0) is 21.2 Å². The van der Waals surface area contributed by atoms with Gasteiger partial charge >= 0.3 is 0 Å². The maximum Gasteiger partial charge on any atom is 0.258 e. The fourth-order valence-electron chi connectivity index (χ4n) is 2.80. The Hall–Kier alpha value is -2.60. The minimum Gasteiger partial charge on any atom is -0.368 e. The lowest BCUT2D eigenvalue weighted by Crippen LogP contribution is -2.45. The van der Waals surface area contributed by atoms with Gasteiger partial charge in [-0.1, -0.05) is 48.0 Å². The molecular weight excluding hydrogens is 324 g/mol. The predicted molar refractivity (Wildman–Crippen MR) is 94.7 cm³/mol. The number of hydrogen-bond donors (Lipinski definition) is 1. The van der Waals surface area contributed by atoms with Gasteiger partial charge in [0, 0.05) is 6.42 Å². The molecule has 0 saturated carbocycles. The minimum absolute atomic E-state index is 0.295. The van der Waals surface area contributed by atoms with Gasteiger partial charge in [0.1, 0.15) is 6.04 Å². The van der Waals surface area contributed by atoms with Crippen molar-refractivity contribution in [1.82, 2.24) is 0 Å². The van der Waals surface area contributed by atoms with E-state index in [1.165, 1.54) is 6.08 Å². The zero-order chi connectivity index (χ0) is 17.3. The molecule has 1 heterocycles. The second-order valence-corrected chi connectivity index (χ2v) is 7.50. The van der Waals surface area contributed by atoms with E-state index in [1.807, 2.05) is 43.3 Å². The topological polar surface area (TPSA) is 80.5 Å². The van der Waals surface area contributed by atoms with Gasteiger partial charge in [-0.05, 0) is 30.2 Å². The summed E-state index contributed by atoms with van der Waals surface area (Å²) in [5, 5.41) is 1.12. The summed E-state index contributed by atoms with van der Waals surface area (Å²) in [4.78, 5) is 11.7. The fraction of sp³-hybridized carbons (Fsp3) is 0.167. The summed E-state index contributed by atoms with van der Waals surface area (Å²) in [7, 11) is -3.82. The first kappa shape index (κ1) is 16.3. The van der Waals surface area contributed by atoms with Crippen molar-refractivity contribution in [2.45, 2.75) is 19.4 Å². The highest BCUT2D eigenvalue weighted by Crippen LogP contribution is 2.34. The van der Waals surface area contributed by atoms with E-state index in [4.69, 9.17) is 5.73 Å². The van der Waals surface area contributed by atoms with Crippen LogP contribution < -0.4 is 10.0 Å². The molecule has 5 nitrogen and oxygen atoms in total. The van der Waals surface area contributed by atoms with Crippen molar-refractivity contribution in [2.75, 3.05) is 4.31 Å². The molecule has 6 heteroatoms. The second kappa shape index (κ2) is 6.13. The van der Waals surface area contributed by atoms with Crippen LogP contribution in [0.2, 0.25) is 0 Å². The van der Waals surface area contributed by atoms with Crippen molar-refractivity contribution >= 4 is 27.7 Å². The molecule has 0 radical (unpaired) electrons. The van der Waals surface area contributed by atoms with E-state index in [9.17, 15) is 13.2 Å². The molecule has 1 aliphatic rings. The number of benzene rings is 2. The van der Waals surface area contributed by atoms with Gasteiger partial charge in [-0.3, -0.25) is 9.10 Å². The van der Waals surface area contributed by atoms with Gasteiger partial charge in [0.05, 0.1) is 11.1 Å². The largest absolute Gasteiger partial charge is 0.368 e. The Morgan fingerprint density at radius 1 is 1.17 bits per heavy atom. The lowest BCUT2D eigenvalue weighted by atomic mass is 10.1. The molecule has 2 aromatic rings. The summed E-state index contributed by atoms with van der Waals surface area (Å²) in [5.74, 6) is -0.654. The van der Waals surface area contributed by atoms with Crippen molar-refractivity contribution in [3.8, 4) is 0 Å². The number of carbonyl (C=O) groups excluding carboxylic acids is 1. The summed E-state index contributed by atoms with van der Waals surface area (Å²) in [5.41, 5.74) is 8.59. The van der Waals surface area contributed by atoms with Crippen molar-refractivity contribution in [1.29, 1.82) is 0 Å². The molecule has 2 aromatic carbocycles. The number of nitrogens with two attached hydrogens (primary N) is 1. The van der Waals surface area contributed by atoms with Crippen LogP contribution in [-0.4, -0.2) is 20.4 Å². The third-order valence-corrected chi connectivity index (χ3v) is 5.52. The van der Waals surface area contributed by atoms with Gasteiger partial charge in [0.25, 0.3) is 10.0 Å². The average Bonchev–Trinajstić information content (AvgIpc) is 2.95. The fourth-order valence-corrected chi connectivity index (χ4v) is 4.24. The Bertz CT molecular complexity index is 902. The van der Waals surface area contributed by atoms with Crippen molar-refractivity contribution in [3.63, 3.8) is 0 Å². The van der Waals surface area contributed by atoms with Crippen LogP contribution in [0.1, 0.15) is 16.7 Å². The molecule has 0 fully saturated rings. The van der Waals surface area contributed by atoms with E-state index in [0.717, 1.165) is 26.4 Å². The quantitative estimate of drug-likeness (QED) is 0.925. The lowest BCUT2D eigenvalue weighted by molar-refractivity contribution is -0.118. The molecule has 0 bridgehead atoms. The molecule has 0 aromatic heterocycles. The Morgan fingerprint density at radius 2 is 1.83 bits per heavy atom. The molecule has 124 valence electrons. The van der Waals surface area contributed by atoms with Crippen LogP contribution in [0.4, 0.5) is 5.69 Å². The maximum absolute atomic E-state index is 12.8. The van der Waals surface area contributed by atoms with Crippen LogP contribution in [0.3, 0.4) is 0 Å². The molecule has 0 saturated heterocycles. The van der Waals surface area contributed by atoms with Gasteiger partial charge in [0.15, 0.2) is 0 Å². The van der Waals surface area contributed by atoms with Crippen molar-refractivity contribution in [3.05, 3.63) is 70.6 Å². The molecule has 1 amide bonds. The van der Waals surface area contributed by atoms with E-state index in [-0.39, 0.29) is 0 Å². The number of fused-ring (bicyclic) bond motifs is 1. The van der Waals surface area contributed by atoms with E-state index < -0.39 is 22.0 Å². The third-order valence-electron chi connectivity index (χ3n) is 4.04. The van der Waals surface area contributed by atoms with Gasteiger partial charge < -0.3 is 5.73 Å². The Labute approximate surface area is 141 Å². The molecule has 1 atom stereocenters. The summed E-state index contributed by atoms with van der Waals surface area (Å²) < 4.78 is 26.7. The Kier molecular flexibility index (Phi) is 4.15. The highest BCUT2D eigenvalue weighted by Gasteiger charge is 2.39. The number of hydrogen-bond acceptors (Lipinski definition) is 3. The number of amides is 1. The van der Waals surface area contributed by atoms with Gasteiger partial charge in [0.2, 0.25) is 5.91 Å². The zero-order valence-corrected chi connectivity index (χ0v) is 14.0. The van der Waals surface area contributed by atoms with Crippen LogP contribution in [0.15, 0.2) is 53.9 Å². The van der Waals surface area contributed by atoms with Crippen LogP contribution in [0.5, 0.6) is 0 Å². The standard InChI is InChI=1S/C18H18N2O3S/c1-13-6-8-14(9-7-13)10-11-24(22,23)20-16-5-3-2-4-15(16)12-17(20)18(19)21/h2-11,17H,12H2,1H3,(H2,19,21)/b11-10+/t17-/m0/s1. The average molecular weight is 342 g/mol. The first-order valence-corrected chi connectivity index (χ1v) is 9.05. The number of anilines is 1. The molecule has 1 aliphatic heterocycles. The highest BCUT2D eigenvalue weighted by molar-refractivity contribution is 7.95. The number of para-hydroxylation sites is 1. The summed E-state index contributed by atoms with van der Waals surface area (Å²) in [6, 6.07) is 13.7. The number of nitrogens with zero attached hydrogens (tertiary/aromatic N) is 1. The molecule has 3 rings (SSSR count). The third kappa shape index (κ3) is 3.05. The highest BCUT2D eigenvalue weighted by atomic mass is 32.2. The second-order valence-electron chi connectivity index (χ2n) is 5.81. The molecule has 24 heavy (non-hydrogen) atoms. The van der Waals surface area contributed by atoms with E-state index >= 15 is 0 Å². The first-order valence-electron chi connectivity index (χ1n) is 7.55. The molecule has 0 spiro atoms. The molecule has 0 unspecified atom stereocenters. The summed E-state index contributed by atoms with van der Waals surface area (Å²) >= 11 is 0. The monoisotopic (exact) mass is 342 g/mol. The number of rotatable bonds is 4. The van der Waals surface area contributed by atoms with Gasteiger partial charge in [-0.15, -0.1) is 0 Å². The molecular formula is C18H18N2O3S. The Morgan fingerprint density at radius 3 is 2.50 bits per heavy atom. The predicted octanol–water partition coefficient (Wildman–Crippen LogP) is 2.21. The van der Waals surface area contributed by atoms with Crippen LogP contribution in [0.25, 0.3) is 6.08 Å². The number of primary amides is 1. The van der Waals surface area contributed by atoms with Crippen LogP contribution in [0, 0.1) is 6.92 Å². The van der Waals surface area contributed by atoms with E-state index in [1.54, 1.807) is 12.1 Å². The Balaban J connectivity index is 1.97. The number of carbonyl (C=O) groups is 1. The smallest absolute Gasteiger partial charge is 0.258 e. The SMILES string of the molecule is Cc1ccc(/C=C/S(=O)(=O)N2c3ccccc3C[C@H]2C(N)=O)cc1. The number of sulfonamides is 1. The van der Waals surface area contributed by atoms with Crippen molar-refractivity contribution in [2.24, 2.45) is 5.73 Å². The summed E-state index contributed by atoms with van der Waals surface area (Å²) in [6.07, 6.45) is 1.82. The van der Waals surface area contributed by atoms with Gasteiger partial charge in [-0.2, -0.15) is 0 Å². The summed E-state index contributed by atoms with van der Waals surface area (Å²) in [6.45, 7) is 1.96. The molecule has 2 N–H and O–H groups in total. The lowest BCUT2D eigenvalue weighted by Gasteiger charge is -2.23. The number of aryl methyl sites for hydroxylation is 1. The van der Waals surface area contributed by atoms with E-state index in [2.05, 4.69) is 0 Å². The van der Waals surface area contributed by atoms with Crippen molar-refractivity contribution < 1.29 is 13.2 Å². The maximum atomic E-state index is 12.8. The first-order chi connectivity index (χ1) is 11.4. The van der Waals surface area contributed by atoms with Gasteiger partial charge in [-0.25, -0.2) is 8.42 Å². The minimum atomic E-state index is -3.82. The van der Waals surface area contributed by atoms with Crippen LogP contribution >= 0.6 is 0 Å². The zero-order valence-electron chi connectivity index (χ0n) is 13.2. The molecule has 0 aliphatic carbocycles. The van der Waals surface area contributed by atoms with E-state index in [0.29, 0.717) is 12.1 Å².